The van der Waals surface area contributed by atoms with Gasteiger partial charge in [-0.25, -0.2) is 18.1 Å². The number of aromatic nitrogens is 2. The molecule has 0 saturated carbocycles. The highest BCUT2D eigenvalue weighted by Gasteiger charge is 2.21. The van der Waals surface area contributed by atoms with Crippen LogP contribution in [0.2, 0.25) is 0 Å². The molecular formula is C24H30N4O3S. The third-order valence-electron chi connectivity index (χ3n) is 5.27. The van der Waals surface area contributed by atoms with E-state index < -0.39 is 10.0 Å². The number of carbonyl (C=O) groups excluding carboxylic acids is 1. The topological polar surface area (TPSA) is 104 Å². The van der Waals surface area contributed by atoms with Crippen LogP contribution in [0, 0.1) is 20.8 Å². The predicted molar refractivity (Wildman–Crippen MR) is 126 cm³/mol. The number of H-pyrrole nitrogens is 1. The lowest BCUT2D eigenvalue weighted by atomic mass is 10.1. The second-order valence-electron chi connectivity index (χ2n) is 7.95. The van der Waals surface area contributed by atoms with Crippen LogP contribution in [0.15, 0.2) is 53.6 Å². The summed E-state index contributed by atoms with van der Waals surface area (Å²) in [7, 11) is -3.70. The molecule has 7 nitrogen and oxygen atoms in total. The van der Waals surface area contributed by atoms with Crippen LogP contribution in [-0.4, -0.2) is 30.8 Å². The lowest BCUT2D eigenvalue weighted by Gasteiger charge is -2.16. The van der Waals surface area contributed by atoms with Gasteiger partial charge in [0.05, 0.1) is 22.8 Å². The molecule has 3 N–H and O–H groups in total. The Balaban J connectivity index is 1.59. The molecule has 2 aromatic carbocycles. The number of hydrogen-bond donors (Lipinski definition) is 3. The number of amides is 1. The number of sulfonamides is 1. The van der Waals surface area contributed by atoms with Gasteiger partial charge in [-0.2, -0.15) is 0 Å². The molecule has 0 bridgehead atoms. The van der Waals surface area contributed by atoms with Crippen molar-refractivity contribution < 1.29 is 13.2 Å². The van der Waals surface area contributed by atoms with Gasteiger partial charge in [-0.05, 0) is 43.9 Å². The summed E-state index contributed by atoms with van der Waals surface area (Å²) >= 11 is 0. The first-order chi connectivity index (χ1) is 15.2. The Hall–Kier alpha value is -2.97. The number of rotatable bonds is 9. The van der Waals surface area contributed by atoms with Gasteiger partial charge in [0.15, 0.2) is 0 Å². The molecule has 0 aliphatic carbocycles. The maximum atomic E-state index is 12.7. The summed E-state index contributed by atoms with van der Waals surface area (Å²) in [5.74, 6) is 0.431. The average Bonchev–Trinajstić information content (AvgIpc) is 3.21. The number of benzene rings is 2. The summed E-state index contributed by atoms with van der Waals surface area (Å²) in [4.78, 5) is 20.4. The van der Waals surface area contributed by atoms with Gasteiger partial charge >= 0.3 is 0 Å². The molecule has 3 rings (SSSR count). The Kier molecular flexibility index (Phi) is 7.48. The molecule has 1 unspecified atom stereocenters. The van der Waals surface area contributed by atoms with Crippen molar-refractivity contribution >= 4 is 15.9 Å². The van der Waals surface area contributed by atoms with Crippen LogP contribution in [0.25, 0.3) is 11.3 Å². The van der Waals surface area contributed by atoms with Gasteiger partial charge in [0.1, 0.15) is 5.82 Å². The molecule has 0 radical (unpaired) electrons. The zero-order chi connectivity index (χ0) is 23.3. The fraction of sp³-hybridized carbons (Fsp3) is 0.333. The second-order valence-corrected chi connectivity index (χ2v) is 9.66. The van der Waals surface area contributed by atoms with E-state index in [1.54, 1.807) is 20.0 Å². The van der Waals surface area contributed by atoms with Crippen molar-refractivity contribution in [3.05, 3.63) is 71.2 Å². The Bertz CT molecular complexity index is 1160. The third-order valence-corrected chi connectivity index (χ3v) is 7.04. The first kappa shape index (κ1) is 23.7. The van der Waals surface area contributed by atoms with E-state index in [1.807, 2.05) is 56.3 Å². The lowest BCUT2D eigenvalue weighted by Crippen LogP contribution is -2.33. The van der Waals surface area contributed by atoms with Crippen molar-refractivity contribution in [2.45, 2.75) is 51.5 Å². The van der Waals surface area contributed by atoms with E-state index in [0.29, 0.717) is 23.4 Å². The molecule has 8 heteroatoms. The number of nitrogens with one attached hydrogen (secondary N) is 3. The van der Waals surface area contributed by atoms with Crippen LogP contribution in [-0.2, 0) is 14.8 Å². The molecule has 1 aromatic heterocycles. The van der Waals surface area contributed by atoms with Crippen LogP contribution in [0.4, 0.5) is 0 Å². The molecule has 0 fully saturated rings. The van der Waals surface area contributed by atoms with E-state index in [1.165, 1.54) is 0 Å². The minimum absolute atomic E-state index is 0.0186. The zero-order valence-electron chi connectivity index (χ0n) is 18.9. The van der Waals surface area contributed by atoms with E-state index in [-0.39, 0.29) is 29.8 Å². The number of carbonyl (C=O) groups is 1. The summed E-state index contributed by atoms with van der Waals surface area (Å²) in [6, 6.07) is 13.2. The Morgan fingerprint density at radius 3 is 2.38 bits per heavy atom. The van der Waals surface area contributed by atoms with E-state index >= 15 is 0 Å². The monoisotopic (exact) mass is 454 g/mol. The third kappa shape index (κ3) is 5.63. The van der Waals surface area contributed by atoms with Crippen LogP contribution >= 0.6 is 0 Å². The number of hydrogen-bond acceptors (Lipinski definition) is 4. The van der Waals surface area contributed by atoms with Gasteiger partial charge in [0.25, 0.3) is 0 Å². The summed E-state index contributed by atoms with van der Waals surface area (Å²) in [5, 5.41) is 2.94. The van der Waals surface area contributed by atoms with Gasteiger partial charge in [-0.1, -0.05) is 55.0 Å². The number of imidazole rings is 1. The minimum Gasteiger partial charge on any atom is -0.346 e. The van der Waals surface area contributed by atoms with Crippen molar-refractivity contribution in [2.24, 2.45) is 0 Å². The summed E-state index contributed by atoms with van der Waals surface area (Å²) < 4.78 is 28.0. The maximum absolute atomic E-state index is 12.7. The van der Waals surface area contributed by atoms with E-state index in [2.05, 4.69) is 20.0 Å². The summed E-state index contributed by atoms with van der Waals surface area (Å²) in [6.07, 6.45) is 2.44. The van der Waals surface area contributed by atoms with Gasteiger partial charge in [0.2, 0.25) is 15.9 Å². The van der Waals surface area contributed by atoms with Crippen LogP contribution in [0.5, 0.6) is 0 Å². The second kappa shape index (κ2) is 10.1. The maximum Gasteiger partial charge on any atom is 0.241 e. The highest BCUT2D eigenvalue weighted by atomic mass is 32.2. The highest BCUT2D eigenvalue weighted by molar-refractivity contribution is 7.89. The first-order valence-electron chi connectivity index (χ1n) is 10.7. The Labute approximate surface area is 189 Å². The van der Waals surface area contributed by atoms with Crippen LogP contribution < -0.4 is 10.0 Å². The normalized spacial score (nSPS) is 12.5. The standard InChI is InChI=1S/C24H30N4O3S/c1-5-20(24-25-15-21(28-24)19-9-7-6-8-10-19)27-22(29)11-12-26-32(30,31)23-17(3)13-16(2)14-18(23)4/h6-10,13-15,20,26H,5,11-12H2,1-4H3,(H,25,28)(H,27,29). The molecule has 0 saturated heterocycles. The lowest BCUT2D eigenvalue weighted by molar-refractivity contribution is -0.121. The van der Waals surface area contributed by atoms with Gasteiger partial charge in [-0.15, -0.1) is 0 Å². The van der Waals surface area contributed by atoms with E-state index in [0.717, 1.165) is 16.8 Å². The average molecular weight is 455 g/mol. The molecule has 32 heavy (non-hydrogen) atoms. The van der Waals surface area contributed by atoms with Crippen LogP contribution in [0.3, 0.4) is 0 Å². The zero-order valence-corrected chi connectivity index (χ0v) is 19.7. The fourth-order valence-electron chi connectivity index (χ4n) is 3.87. The van der Waals surface area contributed by atoms with Gasteiger partial charge < -0.3 is 10.3 Å². The molecule has 1 heterocycles. The smallest absolute Gasteiger partial charge is 0.241 e. The largest absolute Gasteiger partial charge is 0.346 e. The minimum atomic E-state index is -3.70. The van der Waals surface area contributed by atoms with Crippen molar-refractivity contribution in [3.63, 3.8) is 0 Å². The molecule has 1 atom stereocenters. The quantitative estimate of drug-likeness (QED) is 0.456. The SMILES string of the molecule is CCC(NC(=O)CCNS(=O)(=O)c1c(C)cc(C)cc1C)c1ncc(-c2ccccc2)[nH]1. The molecule has 0 aliphatic heterocycles. The van der Waals surface area contributed by atoms with Crippen molar-refractivity contribution in [3.8, 4) is 11.3 Å². The van der Waals surface area contributed by atoms with Crippen molar-refractivity contribution in [1.29, 1.82) is 0 Å². The van der Waals surface area contributed by atoms with Gasteiger partial charge in [-0.3, -0.25) is 4.79 Å². The highest BCUT2D eigenvalue weighted by Crippen LogP contribution is 2.22. The molecule has 0 aliphatic rings. The molecule has 0 spiro atoms. The summed E-state index contributed by atoms with van der Waals surface area (Å²) in [6.45, 7) is 7.46. The Morgan fingerprint density at radius 2 is 1.75 bits per heavy atom. The van der Waals surface area contributed by atoms with Crippen LogP contribution in [0.1, 0.15) is 48.3 Å². The van der Waals surface area contributed by atoms with Crippen molar-refractivity contribution in [1.82, 2.24) is 20.0 Å². The van der Waals surface area contributed by atoms with E-state index in [4.69, 9.17) is 0 Å². The number of aryl methyl sites for hydroxylation is 3. The molecule has 170 valence electrons. The van der Waals surface area contributed by atoms with Gasteiger partial charge in [0, 0.05) is 13.0 Å². The number of nitrogens with zero attached hydrogens (tertiary/aromatic N) is 1. The molecule has 1 amide bonds. The van der Waals surface area contributed by atoms with E-state index in [9.17, 15) is 13.2 Å². The van der Waals surface area contributed by atoms with Crippen molar-refractivity contribution in [2.75, 3.05) is 6.54 Å². The number of aromatic amines is 1. The molecule has 3 aromatic rings. The summed E-state index contributed by atoms with van der Waals surface area (Å²) in [5.41, 5.74) is 4.29. The Morgan fingerprint density at radius 1 is 1.09 bits per heavy atom. The fourth-order valence-corrected chi connectivity index (χ4v) is 5.35. The first-order valence-corrected chi connectivity index (χ1v) is 12.2. The molecular weight excluding hydrogens is 424 g/mol. The predicted octanol–water partition coefficient (Wildman–Crippen LogP) is 3.94.